The molecular weight excluding hydrogens is 256 g/mol. The fourth-order valence-electron chi connectivity index (χ4n) is 2.58. The molecule has 1 aromatic carbocycles. The molecule has 20 heavy (non-hydrogen) atoms. The molecule has 0 spiro atoms. The number of rotatable bonds is 3. The van der Waals surface area contributed by atoms with Gasteiger partial charge in [-0.1, -0.05) is 18.2 Å². The largest absolute Gasteiger partial charge is 0.390 e. The summed E-state index contributed by atoms with van der Waals surface area (Å²) in [6, 6.07) is 8.89. The molecule has 1 amide bonds. The number of aliphatic hydroxyl groups excluding tert-OH is 1. The molecule has 2 heterocycles. The Kier molecular flexibility index (Phi) is 2.91. The van der Waals surface area contributed by atoms with E-state index in [0.717, 1.165) is 5.56 Å². The number of aromatic amines is 1. The Hall–Kier alpha value is -2.40. The lowest BCUT2D eigenvalue weighted by Crippen LogP contribution is -2.22. The van der Waals surface area contributed by atoms with Gasteiger partial charge in [0.05, 0.1) is 12.3 Å². The lowest BCUT2D eigenvalue weighted by Gasteiger charge is -2.07. The molecular formula is C15H14N2O3. The lowest BCUT2D eigenvalue weighted by molar-refractivity contribution is -0.116. The maximum atomic E-state index is 12.6. The normalized spacial score (nSPS) is 16.9. The van der Waals surface area contributed by atoms with Gasteiger partial charge in [0.15, 0.2) is 5.78 Å². The van der Waals surface area contributed by atoms with Gasteiger partial charge in [-0.25, -0.2) is 0 Å². The molecule has 1 aliphatic heterocycles. The van der Waals surface area contributed by atoms with Gasteiger partial charge in [-0.2, -0.15) is 0 Å². The highest BCUT2D eigenvalue weighted by Gasteiger charge is 2.37. The highest BCUT2D eigenvalue weighted by atomic mass is 16.3. The second kappa shape index (κ2) is 4.61. The zero-order chi connectivity index (χ0) is 14.3. The van der Waals surface area contributed by atoms with Gasteiger partial charge in [0.2, 0.25) is 5.91 Å². The minimum absolute atomic E-state index is 0.165. The molecule has 2 aromatic rings. The predicted molar refractivity (Wildman–Crippen MR) is 73.6 cm³/mol. The summed E-state index contributed by atoms with van der Waals surface area (Å²) in [6.07, 6.45) is 0. The molecule has 1 unspecified atom stereocenters. The van der Waals surface area contributed by atoms with Gasteiger partial charge in [-0.3, -0.25) is 9.59 Å². The van der Waals surface area contributed by atoms with Crippen LogP contribution in [0.1, 0.15) is 33.2 Å². The number of fused-ring (bicyclic) bond motifs is 1. The fraction of sp³-hybridized carbons (Fsp3) is 0.200. The van der Waals surface area contributed by atoms with Crippen molar-refractivity contribution in [1.29, 1.82) is 0 Å². The van der Waals surface area contributed by atoms with Crippen molar-refractivity contribution in [2.45, 2.75) is 19.4 Å². The Balaban J connectivity index is 2.02. The number of ketones is 1. The first-order chi connectivity index (χ1) is 9.61. The van der Waals surface area contributed by atoms with E-state index in [1.165, 1.54) is 0 Å². The van der Waals surface area contributed by atoms with Gasteiger partial charge in [-0.05, 0) is 30.2 Å². The molecule has 0 saturated heterocycles. The van der Waals surface area contributed by atoms with Crippen LogP contribution in [0.25, 0.3) is 0 Å². The third-order valence-electron chi connectivity index (χ3n) is 3.54. The molecule has 1 aliphatic rings. The van der Waals surface area contributed by atoms with Crippen molar-refractivity contribution < 1.29 is 14.7 Å². The first kappa shape index (κ1) is 12.6. The van der Waals surface area contributed by atoms with Crippen molar-refractivity contribution >= 4 is 17.4 Å². The molecule has 0 radical (unpaired) electrons. The Morgan fingerprint density at radius 2 is 2.10 bits per heavy atom. The van der Waals surface area contributed by atoms with E-state index in [-0.39, 0.29) is 18.3 Å². The second-order valence-corrected chi connectivity index (χ2v) is 4.88. The summed E-state index contributed by atoms with van der Waals surface area (Å²) in [6.45, 7) is 1.61. The van der Waals surface area contributed by atoms with Crippen LogP contribution in [0.2, 0.25) is 0 Å². The number of nitrogens with one attached hydrogen (secondary N) is 2. The molecule has 0 fully saturated rings. The quantitative estimate of drug-likeness (QED) is 0.587. The van der Waals surface area contributed by atoms with Crippen molar-refractivity contribution in [3.05, 3.63) is 52.8 Å². The van der Waals surface area contributed by atoms with E-state index >= 15 is 0 Å². The van der Waals surface area contributed by atoms with Crippen LogP contribution in [0.15, 0.2) is 30.3 Å². The number of H-pyrrole nitrogens is 1. The Morgan fingerprint density at radius 3 is 2.80 bits per heavy atom. The maximum Gasteiger partial charge on any atom is 0.239 e. The van der Waals surface area contributed by atoms with Crippen molar-refractivity contribution in [1.82, 2.24) is 4.98 Å². The van der Waals surface area contributed by atoms with Crippen LogP contribution in [0.5, 0.6) is 0 Å². The van der Waals surface area contributed by atoms with Crippen molar-refractivity contribution in [3.63, 3.8) is 0 Å². The van der Waals surface area contributed by atoms with E-state index in [4.69, 9.17) is 5.11 Å². The molecule has 0 bridgehead atoms. The van der Waals surface area contributed by atoms with Crippen molar-refractivity contribution in [2.75, 3.05) is 5.32 Å². The summed E-state index contributed by atoms with van der Waals surface area (Å²) >= 11 is 0. The molecule has 5 nitrogen and oxygen atoms in total. The van der Waals surface area contributed by atoms with Gasteiger partial charge in [-0.15, -0.1) is 0 Å². The first-order valence-electron chi connectivity index (χ1n) is 6.35. The Morgan fingerprint density at radius 1 is 1.35 bits per heavy atom. The highest BCUT2D eigenvalue weighted by Crippen LogP contribution is 2.34. The van der Waals surface area contributed by atoms with Gasteiger partial charge >= 0.3 is 0 Å². The third-order valence-corrected chi connectivity index (χ3v) is 3.54. The molecule has 3 rings (SSSR count). The van der Waals surface area contributed by atoms with Gasteiger partial charge < -0.3 is 15.4 Å². The number of Topliss-reactive ketones (excluding diaryl/α,β-unsaturated/α-hetero) is 1. The molecule has 3 N–H and O–H groups in total. The van der Waals surface area contributed by atoms with Crippen LogP contribution in [0.4, 0.5) is 5.69 Å². The minimum atomic E-state index is -0.824. The summed E-state index contributed by atoms with van der Waals surface area (Å²) in [5.74, 6) is -1.41. The van der Waals surface area contributed by atoms with E-state index in [9.17, 15) is 9.59 Å². The number of aryl methyl sites for hydroxylation is 1. The zero-order valence-corrected chi connectivity index (χ0v) is 10.9. The third kappa shape index (κ3) is 1.83. The monoisotopic (exact) mass is 270 g/mol. The lowest BCUT2D eigenvalue weighted by atomic mass is 9.93. The molecule has 0 aliphatic carbocycles. The summed E-state index contributed by atoms with van der Waals surface area (Å²) in [4.78, 5) is 27.5. The molecule has 1 atom stereocenters. The Labute approximate surface area is 115 Å². The van der Waals surface area contributed by atoms with Crippen LogP contribution in [-0.4, -0.2) is 21.8 Å². The van der Waals surface area contributed by atoms with E-state index in [1.807, 2.05) is 6.07 Å². The van der Waals surface area contributed by atoms with Crippen LogP contribution in [0.3, 0.4) is 0 Å². The summed E-state index contributed by atoms with van der Waals surface area (Å²) in [7, 11) is 0. The molecule has 0 saturated carbocycles. The van der Waals surface area contributed by atoms with E-state index in [2.05, 4.69) is 10.3 Å². The number of aliphatic hydroxyl groups is 1. The maximum absolute atomic E-state index is 12.6. The average Bonchev–Trinajstić information content (AvgIpc) is 2.97. The number of hydrogen-bond acceptors (Lipinski definition) is 3. The number of benzene rings is 1. The number of hydrogen-bond donors (Lipinski definition) is 3. The minimum Gasteiger partial charge on any atom is -0.390 e. The number of anilines is 1. The highest BCUT2D eigenvalue weighted by molar-refractivity contribution is 6.21. The number of para-hydroxylation sites is 1. The Bertz CT molecular complexity index is 703. The van der Waals surface area contributed by atoms with Crippen molar-refractivity contribution in [3.8, 4) is 0 Å². The standard InChI is InChI=1S/C15H14N2O3/c1-8-6-9(7-18)16-13(8)14(19)12-10-4-2-3-5-11(10)17-15(12)20/h2-6,12,16,18H,7H2,1H3,(H,17,20). The zero-order valence-electron chi connectivity index (χ0n) is 10.9. The number of aromatic nitrogens is 1. The van der Waals surface area contributed by atoms with Gasteiger partial charge in [0.1, 0.15) is 5.92 Å². The average molecular weight is 270 g/mol. The van der Waals surface area contributed by atoms with Crippen LogP contribution in [0, 0.1) is 6.92 Å². The van der Waals surface area contributed by atoms with Gasteiger partial charge in [0.25, 0.3) is 0 Å². The second-order valence-electron chi connectivity index (χ2n) is 4.88. The molecule has 5 heteroatoms. The van der Waals surface area contributed by atoms with Crippen LogP contribution < -0.4 is 5.32 Å². The van der Waals surface area contributed by atoms with E-state index < -0.39 is 5.92 Å². The molecule has 102 valence electrons. The van der Waals surface area contributed by atoms with Gasteiger partial charge in [0, 0.05) is 11.4 Å². The fourth-order valence-corrected chi connectivity index (χ4v) is 2.58. The summed E-state index contributed by atoms with van der Waals surface area (Å²) < 4.78 is 0. The molecule has 1 aromatic heterocycles. The van der Waals surface area contributed by atoms with E-state index in [1.54, 1.807) is 31.2 Å². The number of carbonyl (C=O) groups is 2. The summed E-state index contributed by atoms with van der Waals surface area (Å²) in [5.41, 5.74) is 3.06. The smallest absolute Gasteiger partial charge is 0.239 e. The SMILES string of the molecule is Cc1cc(CO)[nH]c1C(=O)C1C(=O)Nc2ccccc21. The first-order valence-corrected chi connectivity index (χ1v) is 6.35. The van der Waals surface area contributed by atoms with Crippen LogP contribution in [-0.2, 0) is 11.4 Å². The van der Waals surface area contributed by atoms with Crippen molar-refractivity contribution in [2.24, 2.45) is 0 Å². The number of carbonyl (C=O) groups excluding carboxylic acids is 2. The summed E-state index contributed by atoms with van der Waals surface area (Å²) in [5, 5.41) is 11.8. The van der Waals surface area contributed by atoms with E-state index in [0.29, 0.717) is 22.6 Å². The topological polar surface area (TPSA) is 82.2 Å². The number of amides is 1. The predicted octanol–water partition coefficient (Wildman–Crippen LogP) is 1.73. The van der Waals surface area contributed by atoms with Crippen LogP contribution >= 0.6 is 0 Å².